The third-order valence-electron chi connectivity index (χ3n) is 5.26. The summed E-state index contributed by atoms with van der Waals surface area (Å²) in [5.41, 5.74) is 3.48. The number of para-hydroxylation sites is 2. The van der Waals surface area contributed by atoms with Crippen LogP contribution < -0.4 is 9.64 Å². The van der Waals surface area contributed by atoms with Gasteiger partial charge in [-0.15, -0.1) is 0 Å². The quantitative estimate of drug-likeness (QED) is 0.405. The summed E-state index contributed by atoms with van der Waals surface area (Å²) in [4.78, 5) is 27.6. The number of carbonyl (C=O) groups is 2. The third-order valence-corrected chi connectivity index (χ3v) is 5.26. The number of rotatable bonds is 6. The number of ether oxygens (including phenoxy) is 2. The first-order chi connectivity index (χ1) is 15.6. The molecule has 5 heteroatoms. The Labute approximate surface area is 187 Å². The van der Waals surface area contributed by atoms with Crippen molar-refractivity contribution in [1.29, 1.82) is 0 Å². The molecule has 32 heavy (non-hydrogen) atoms. The number of nitrogens with zero attached hydrogens (tertiary/aromatic N) is 1. The van der Waals surface area contributed by atoms with Crippen molar-refractivity contribution < 1.29 is 19.1 Å². The molecular weight excluding hydrogens is 402 g/mol. The predicted molar refractivity (Wildman–Crippen MR) is 124 cm³/mol. The van der Waals surface area contributed by atoms with E-state index in [1.54, 1.807) is 13.0 Å². The average Bonchev–Trinajstić information content (AvgIpc) is 3.08. The van der Waals surface area contributed by atoms with Crippen molar-refractivity contribution in [2.24, 2.45) is 0 Å². The van der Waals surface area contributed by atoms with Gasteiger partial charge >= 0.3 is 5.97 Å². The minimum atomic E-state index is -0.553. The number of carbonyl (C=O) groups excluding carboxylic acids is 2. The Morgan fingerprint density at radius 1 is 0.906 bits per heavy atom. The number of anilines is 1. The highest BCUT2D eigenvalue weighted by Gasteiger charge is 2.38. The molecule has 0 aliphatic carbocycles. The summed E-state index contributed by atoms with van der Waals surface area (Å²) in [6, 6.07) is 26.5. The van der Waals surface area contributed by atoms with Crippen LogP contribution in [-0.2, 0) is 20.9 Å². The lowest BCUT2D eigenvalue weighted by atomic mass is 10.0. The molecule has 0 saturated carbocycles. The molecule has 0 aromatic heterocycles. The minimum absolute atomic E-state index is 0.249. The molecule has 3 aromatic carbocycles. The van der Waals surface area contributed by atoms with E-state index in [0.717, 1.165) is 5.56 Å². The van der Waals surface area contributed by atoms with E-state index in [2.05, 4.69) is 0 Å². The largest absolute Gasteiger partial charge is 0.488 e. The highest BCUT2D eigenvalue weighted by atomic mass is 16.5. The second-order valence-electron chi connectivity index (χ2n) is 7.30. The first-order valence-electron chi connectivity index (χ1n) is 10.3. The maximum Gasteiger partial charge on any atom is 0.340 e. The molecule has 0 bridgehead atoms. The zero-order chi connectivity index (χ0) is 22.5. The van der Waals surface area contributed by atoms with Gasteiger partial charge in [-0.05, 0) is 36.8 Å². The Bertz CT molecular complexity index is 1200. The molecular formula is C27H23NO4. The van der Waals surface area contributed by atoms with Crippen molar-refractivity contribution in [3.8, 4) is 5.75 Å². The number of allylic oxidation sites excluding steroid dienone is 1. The Morgan fingerprint density at radius 2 is 1.53 bits per heavy atom. The molecule has 0 radical (unpaired) electrons. The Hall–Kier alpha value is -4.12. The van der Waals surface area contributed by atoms with E-state index in [1.165, 1.54) is 12.0 Å². The SMILES string of the molecule is COC(=O)C1=C(C)N(c2ccccc2)C(=O)/C1=C\c1ccccc1OCc1ccccc1. The zero-order valence-electron chi connectivity index (χ0n) is 17.9. The number of hydrogen-bond donors (Lipinski definition) is 0. The van der Waals surface area contributed by atoms with Crippen molar-refractivity contribution in [3.05, 3.63) is 113 Å². The molecule has 0 fully saturated rings. The van der Waals surface area contributed by atoms with Crippen molar-refractivity contribution in [3.63, 3.8) is 0 Å². The summed E-state index contributed by atoms with van der Waals surface area (Å²) in [5.74, 6) is -0.216. The highest BCUT2D eigenvalue weighted by molar-refractivity contribution is 6.23. The van der Waals surface area contributed by atoms with Crippen LogP contribution >= 0.6 is 0 Å². The Kier molecular flexibility index (Phi) is 6.17. The molecule has 0 spiro atoms. The first-order valence-corrected chi connectivity index (χ1v) is 10.3. The van der Waals surface area contributed by atoms with Gasteiger partial charge in [0.05, 0.1) is 18.3 Å². The maximum absolute atomic E-state index is 13.4. The highest BCUT2D eigenvalue weighted by Crippen LogP contribution is 2.36. The van der Waals surface area contributed by atoms with Gasteiger partial charge in [0.25, 0.3) is 5.91 Å². The van der Waals surface area contributed by atoms with Crippen LogP contribution in [0.3, 0.4) is 0 Å². The number of esters is 1. The molecule has 0 unspecified atom stereocenters. The van der Waals surface area contributed by atoms with Crippen LogP contribution in [0.4, 0.5) is 5.69 Å². The summed E-state index contributed by atoms with van der Waals surface area (Å²) in [6.07, 6.45) is 1.70. The van der Waals surface area contributed by atoms with E-state index in [1.807, 2.05) is 84.9 Å². The lowest BCUT2D eigenvalue weighted by molar-refractivity contribution is -0.136. The van der Waals surface area contributed by atoms with Crippen LogP contribution in [0.5, 0.6) is 5.75 Å². The second kappa shape index (κ2) is 9.35. The third kappa shape index (κ3) is 4.18. The van der Waals surface area contributed by atoms with Crippen LogP contribution in [0, 0.1) is 0 Å². The molecule has 1 heterocycles. The lowest BCUT2D eigenvalue weighted by Gasteiger charge is -2.17. The fourth-order valence-corrected chi connectivity index (χ4v) is 3.69. The molecule has 5 nitrogen and oxygen atoms in total. The van der Waals surface area contributed by atoms with Crippen LogP contribution in [0.25, 0.3) is 6.08 Å². The molecule has 0 atom stereocenters. The Morgan fingerprint density at radius 3 is 2.22 bits per heavy atom. The van der Waals surface area contributed by atoms with Gasteiger partial charge in [0, 0.05) is 16.9 Å². The average molecular weight is 425 g/mol. The van der Waals surface area contributed by atoms with E-state index in [4.69, 9.17) is 9.47 Å². The van der Waals surface area contributed by atoms with Crippen molar-refractivity contribution in [1.82, 2.24) is 0 Å². The van der Waals surface area contributed by atoms with Gasteiger partial charge < -0.3 is 9.47 Å². The van der Waals surface area contributed by atoms with Crippen LogP contribution in [-0.4, -0.2) is 19.0 Å². The summed E-state index contributed by atoms with van der Waals surface area (Å²) in [5, 5.41) is 0. The summed E-state index contributed by atoms with van der Waals surface area (Å²) in [7, 11) is 1.31. The van der Waals surface area contributed by atoms with Crippen LogP contribution in [0.2, 0.25) is 0 Å². The summed E-state index contributed by atoms with van der Waals surface area (Å²) >= 11 is 0. The number of benzene rings is 3. The molecule has 4 rings (SSSR count). The number of methoxy groups -OCH3 is 1. The number of amides is 1. The predicted octanol–water partition coefficient (Wildman–Crippen LogP) is 5.14. The normalized spacial score (nSPS) is 14.8. The van der Waals surface area contributed by atoms with Crippen molar-refractivity contribution >= 4 is 23.6 Å². The maximum atomic E-state index is 13.4. The van der Waals surface area contributed by atoms with E-state index in [9.17, 15) is 9.59 Å². The van der Waals surface area contributed by atoms with Gasteiger partial charge in [-0.25, -0.2) is 4.79 Å². The molecule has 0 saturated heterocycles. The summed E-state index contributed by atoms with van der Waals surface area (Å²) < 4.78 is 11.0. The van der Waals surface area contributed by atoms with Gasteiger partial charge in [0.1, 0.15) is 12.4 Å². The Balaban J connectivity index is 1.73. The van der Waals surface area contributed by atoms with E-state index < -0.39 is 5.97 Å². The molecule has 1 amide bonds. The fourth-order valence-electron chi connectivity index (χ4n) is 3.69. The van der Waals surface area contributed by atoms with Gasteiger partial charge in [0.15, 0.2) is 0 Å². The van der Waals surface area contributed by atoms with Gasteiger partial charge in [0.2, 0.25) is 0 Å². The van der Waals surface area contributed by atoms with Crippen molar-refractivity contribution in [2.45, 2.75) is 13.5 Å². The summed E-state index contributed by atoms with van der Waals surface area (Å²) in [6.45, 7) is 2.14. The lowest BCUT2D eigenvalue weighted by Crippen LogP contribution is -2.24. The van der Waals surface area contributed by atoms with Crippen molar-refractivity contribution in [2.75, 3.05) is 12.0 Å². The van der Waals surface area contributed by atoms with Crippen LogP contribution in [0.15, 0.2) is 102 Å². The zero-order valence-corrected chi connectivity index (χ0v) is 17.9. The van der Waals surface area contributed by atoms with E-state index >= 15 is 0 Å². The van der Waals surface area contributed by atoms with Gasteiger partial charge in [-0.1, -0.05) is 66.7 Å². The van der Waals surface area contributed by atoms with Gasteiger partial charge in [-0.3, -0.25) is 9.69 Å². The topological polar surface area (TPSA) is 55.8 Å². The minimum Gasteiger partial charge on any atom is -0.488 e. The second-order valence-corrected chi connectivity index (χ2v) is 7.30. The monoisotopic (exact) mass is 425 g/mol. The number of hydrogen-bond acceptors (Lipinski definition) is 4. The standard InChI is InChI=1S/C27H23NO4/c1-19-25(27(30)31-2)23(26(29)28(19)22-14-7-4-8-15-22)17-21-13-9-10-16-24(21)32-18-20-11-5-3-6-12-20/h3-17H,18H2,1-2H3/b23-17-. The molecule has 1 aliphatic rings. The first kappa shape index (κ1) is 21.1. The van der Waals surface area contributed by atoms with E-state index in [-0.39, 0.29) is 17.1 Å². The van der Waals surface area contributed by atoms with Gasteiger partial charge in [-0.2, -0.15) is 0 Å². The van der Waals surface area contributed by atoms with Crippen LogP contribution in [0.1, 0.15) is 18.1 Å². The molecule has 1 aliphatic heterocycles. The molecule has 3 aromatic rings. The van der Waals surface area contributed by atoms with E-state index in [0.29, 0.717) is 29.3 Å². The molecule has 0 N–H and O–H groups in total. The molecule has 160 valence electrons. The fraction of sp³-hybridized carbons (Fsp3) is 0.111. The smallest absolute Gasteiger partial charge is 0.340 e.